The van der Waals surface area contributed by atoms with Gasteiger partial charge in [-0.1, -0.05) is 28.1 Å². The molecule has 0 spiro atoms. The molecule has 1 aromatic carbocycles. The van der Waals surface area contributed by atoms with Crippen LogP contribution in [0, 0.1) is 12.7 Å². The summed E-state index contributed by atoms with van der Waals surface area (Å²) in [5.41, 5.74) is 7.68. The number of aryl methyl sites for hydroxylation is 1. The molecule has 2 N–H and O–H groups in total. The maximum Gasteiger partial charge on any atom is 0.221 e. The Bertz CT molecular complexity index is 592. The number of imidazole rings is 1. The van der Waals surface area contributed by atoms with Gasteiger partial charge in [-0.25, -0.2) is 14.1 Å². The van der Waals surface area contributed by atoms with Gasteiger partial charge in [0.1, 0.15) is 5.82 Å². The van der Waals surface area contributed by atoms with Crippen LogP contribution in [0.25, 0.3) is 0 Å². The normalized spacial score (nSPS) is 11.3. The first-order valence-electron chi connectivity index (χ1n) is 5.30. The molecular weight excluding hydrogens is 299 g/mol. The molecule has 0 atom stereocenters. The van der Waals surface area contributed by atoms with Crippen LogP contribution < -0.4 is 5.73 Å². The van der Waals surface area contributed by atoms with Crippen LogP contribution in [0.4, 0.5) is 10.3 Å². The zero-order chi connectivity index (χ0) is 13.1. The molecule has 1 heterocycles. The van der Waals surface area contributed by atoms with E-state index in [4.69, 9.17) is 5.73 Å². The van der Waals surface area contributed by atoms with Crippen molar-refractivity contribution in [3.05, 3.63) is 47.0 Å². The molecule has 0 unspecified atom stereocenters. The summed E-state index contributed by atoms with van der Waals surface area (Å²) in [4.78, 5) is 4.00. The van der Waals surface area contributed by atoms with E-state index in [1.165, 1.54) is 17.0 Å². The summed E-state index contributed by atoms with van der Waals surface area (Å²) in [6.07, 6.45) is 3.10. The Morgan fingerprint density at radius 2 is 2.33 bits per heavy atom. The summed E-state index contributed by atoms with van der Waals surface area (Å²) in [6.45, 7) is 1.81. The lowest BCUT2D eigenvalue weighted by atomic mass is 10.1. The van der Waals surface area contributed by atoms with Gasteiger partial charge in [-0.05, 0) is 18.6 Å². The molecule has 0 aliphatic rings. The molecule has 2 rings (SSSR count). The van der Waals surface area contributed by atoms with Crippen molar-refractivity contribution in [2.45, 2.75) is 12.3 Å². The standard InChI is InChI=1S/C12H12BrFN4/c1-8-7-18(12(15)17-8)16-6-10-3-2-9(5-13)4-11(10)14/h2-4,6-7H,5H2,1H3,(H2,15,17). The van der Waals surface area contributed by atoms with Crippen molar-refractivity contribution >= 4 is 28.1 Å². The number of benzene rings is 1. The predicted octanol–water partition coefficient (Wildman–Crippen LogP) is 2.69. The van der Waals surface area contributed by atoms with Crippen molar-refractivity contribution in [2.75, 3.05) is 5.73 Å². The van der Waals surface area contributed by atoms with E-state index in [2.05, 4.69) is 26.0 Å². The van der Waals surface area contributed by atoms with Crippen molar-refractivity contribution in [1.82, 2.24) is 9.66 Å². The van der Waals surface area contributed by atoms with E-state index in [1.54, 1.807) is 12.3 Å². The summed E-state index contributed by atoms with van der Waals surface area (Å²) in [7, 11) is 0. The molecule has 0 saturated carbocycles. The maximum atomic E-state index is 13.7. The fourth-order valence-electron chi connectivity index (χ4n) is 1.48. The molecule has 0 aliphatic heterocycles. The summed E-state index contributed by atoms with van der Waals surface area (Å²) >= 11 is 3.27. The predicted molar refractivity (Wildman–Crippen MR) is 73.4 cm³/mol. The zero-order valence-electron chi connectivity index (χ0n) is 9.77. The van der Waals surface area contributed by atoms with E-state index in [0.29, 0.717) is 10.9 Å². The van der Waals surface area contributed by atoms with E-state index in [0.717, 1.165) is 11.3 Å². The van der Waals surface area contributed by atoms with E-state index < -0.39 is 0 Å². The summed E-state index contributed by atoms with van der Waals surface area (Å²) in [5, 5.41) is 4.69. The number of hydrogen-bond donors (Lipinski definition) is 1. The van der Waals surface area contributed by atoms with Crippen molar-refractivity contribution in [3.63, 3.8) is 0 Å². The van der Waals surface area contributed by atoms with Crippen LogP contribution in [-0.4, -0.2) is 15.9 Å². The second-order valence-electron chi connectivity index (χ2n) is 3.82. The van der Waals surface area contributed by atoms with Gasteiger partial charge in [0.25, 0.3) is 0 Å². The molecule has 0 amide bonds. The van der Waals surface area contributed by atoms with Gasteiger partial charge in [0.15, 0.2) is 0 Å². The van der Waals surface area contributed by atoms with Gasteiger partial charge in [0.05, 0.1) is 18.1 Å². The van der Waals surface area contributed by atoms with Crippen LogP contribution in [0.5, 0.6) is 0 Å². The Balaban J connectivity index is 2.26. The molecule has 2 aromatic rings. The molecule has 0 aliphatic carbocycles. The van der Waals surface area contributed by atoms with E-state index >= 15 is 0 Å². The molecule has 0 bridgehead atoms. The van der Waals surface area contributed by atoms with Crippen molar-refractivity contribution in [1.29, 1.82) is 0 Å². The molecule has 0 fully saturated rings. The summed E-state index contributed by atoms with van der Waals surface area (Å²) < 4.78 is 15.1. The number of nitrogens with two attached hydrogens (primary N) is 1. The second-order valence-corrected chi connectivity index (χ2v) is 4.38. The first kappa shape index (κ1) is 12.8. The lowest BCUT2D eigenvalue weighted by Crippen LogP contribution is -1.98. The fraction of sp³-hybridized carbons (Fsp3) is 0.167. The van der Waals surface area contributed by atoms with E-state index in [1.807, 2.05) is 13.0 Å². The number of nitrogen functional groups attached to an aromatic ring is 1. The van der Waals surface area contributed by atoms with E-state index in [9.17, 15) is 4.39 Å². The minimum atomic E-state index is -0.314. The highest BCUT2D eigenvalue weighted by Gasteiger charge is 2.02. The van der Waals surface area contributed by atoms with Gasteiger partial charge in [-0.15, -0.1) is 0 Å². The quantitative estimate of drug-likeness (QED) is 0.700. The third-order valence-electron chi connectivity index (χ3n) is 2.38. The minimum Gasteiger partial charge on any atom is -0.368 e. The molecule has 18 heavy (non-hydrogen) atoms. The molecule has 6 heteroatoms. The number of halogens is 2. The van der Waals surface area contributed by atoms with Gasteiger partial charge < -0.3 is 5.73 Å². The molecular formula is C12H12BrFN4. The Morgan fingerprint density at radius 3 is 2.89 bits per heavy atom. The fourth-order valence-corrected chi connectivity index (χ4v) is 1.83. The van der Waals surface area contributed by atoms with Crippen LogP contribution in [0.3, 0.4) is 0 Å². The number of nitrogens with zero attached hydrogens (tertiary/aromatic N) is 3. The van der Waals surface area contributed by atoms with E-state index in [-0.39, 0.29) is 11.8 Å². The molecule has 0 radical (unpaired) electrons. The lowest BCUT2D eigenvalue weighted by molar-refractivity contribution is 0.624. The molecule has 94 valence electrons. The number of hydrogen-bond acceptors (Lipinski definition) is 3. The zero-order valence-corrected chi connectivity index (χ0v) is 11.4. The third kappa shape index (κ3) is 2.76. The average Bonchev–Trinajstić information content (AvgIpc) is 2.66. The Kier molecular flexibility index (Phi) is 3.76. The number of rotatable bonds is 3. The Labute approximate surface area is 112 Å². The average molecular weight is 311 g/mol. The largest absolute Gasteiger partial charge is 0.368 e. The Hall–Kier alpha value is -1.69. The minimum absolute atomic E-state index is 0.279. The lowest BCUT2D eigenvalue weighted by Gasteiger charge is -2.00. The third-order valence-corrected chi connectivity index (χ3v) is 3.02. The molecule has 1 aromatic heterocycles. The SMILES string of the molecule is Cc1cn(N=Cc2ccc(CBr)cc2F)c(N)n1. The van der Waals surface area contributed by atoms with Crippen molar-refractivity contribution in [3.8, 4) is 0 Å². The smallest absolute Gasteiger partial charge is 0.221 e. The van der Waals surface area contributed by atoms with Gasteiger partial charge >= 0.3 is 0 Å². The molecule has 4 nitrogen and oxygen atoms in total. The summed E-state index contributed by atoms with van der Waals surface area (Å²) in [5.74, 6) is -0.0349. The number of anilines is 1. The molecule has 0 saturated heterocycles. The van der Waals surface area contributed by atoms with Crippen LogP contribution in [0.15, 0.2) is 29.5 Å². The van der Waals surface area contributed by atoms with Gasteiger partial charge in [-0.2, -0.15) is 5.10 Å². The summed E-state index contributed by atoms with van der Waals surface area (Å²) in [6, 6.07) is 4.98. The topological polar surface area (TPSA) is 56.2 Å². The van der Waals surface area contributed by atoms with Gasteiger partial charge in [0, 0.05) is 10.9 Å². The van der Waals surface area contributed by atoms with Gasteiger partial charge in [-0.3, -0.25) is 0 Å². The van der Waals surface area contributed by atoms with Crippen LogP contribution in [-0.2, 0) is 5.33 Å². The Morgan fingerprint density at radius 1 is 1.56 bits per heavy atom. The van der Waals surface area contributed by atoms with Crippen molar-refractivity contribution < 1.29 is 4.39 Å². The highest BCUT2D eigenvalue weighted by molar-refractivity contribution is 9.08. The first-order chi connectivity index (χ1) is 8.60. The van der Waals surface area contributed by atoms with Crippen LogP contribution in [0.1, 0.15) is 16.8 Å². The number of alkyl halides is 1. The number of aromatic nitrogens is 2. The van der Waals surface area contributed by atoms with Crippen molar-refractivity contribution in [2.24, 2.45) is 5.10 Å². The van der Waals surface area contributed by atoms with Crippen LogP contribution in [0.2, 0.25) is 0 Å². The second kappa shape index (κ2) is 5.30. The highest BCUT2D eigenvalue weighted by Crippen LogP contribution is 2.12. The monoisotopic (exact) mass is 310 g/mol. The van der Waals surface area contributed by atoms with Crippen LogP contribution >= 0.6 is 15.9 Å². The van der Waals surface area contributed by atoms with Gasteiger partial charge in [0.2, 0.25) is 5.95 Å². The highest BCUT2D eigenvalue weighted by atomic mass is 79.9. The maximum absolute atomic E-state index is 13.7. The first-order valence-corrected chi connectivity index (χ1v) is 6.42.